The number of rotatable bonds is 3. The van der Waals surface area contributed by atoms with Crippen LogP contribution in [0.4, 0.5) is 17.1 Å². The molecule has 2 N–H and O–H groups in total. The summed E-state index contributed by atoms with van der Waals surface area (Å²) in [6.45, 7) is 0. The average Bonchev–Trinajstić information content (AvgIpc) is 2.55. The highest BCUT2D eigenvalue weighted by molar-refractivity contribution is 6.43. The SMILES string of the molecule is CN(C)c1ccc(NC(=O)C(=O)Nc2ccccc2C#N)cc1. The molecule has 0 atom stereocenters. The Balaban J connectivity index is 2.03. The van der Waals surface area contributed by atoms with Crippen LogP contribution in [-0.2, 0) is 9.59 Å². The van der Waals surface area contributed by atoms with Gasteiger partial charge in [0, 0.05) is 25.5 Å². The van der Waals surface area contributed by atoms with Crippen molar-refractivity contribution >= 4 is 28.9 Å². The van der Waals surface area contributed by atoms with Gasteiger partial charge in [0.1, 0.15) is 6.07 Å². The first kappa shape index (κ1) is 16.0. The van der Waals surface area contributed by atoms with Gasteiger partial charge in [-0.2, -0.15) is 5.26 Å². The van der Waals surface area contributed by atoms with Crippen LogP contribution in [0.2, 0.25) is 0 Å². The summed E-state index contributed by atoms with van der Waals surface area (Å²) in [7, 11) is 3.82. The highest BCUT2D eigenvalue weighted by atomic mass is 16.2. The van der Waals surface area contributed by atoms with Gasteiger partial charge in [-0.3, -0.25) is 9.59 Å². The molecule has 0 bridgehead atoms. The van der Waals surface area contributed by atoms with Crippen LogP contribution in [0.15, 0.2) is 48.5 Å². The highest BCUT2D eigenvalue weighted by Crippen LogP contribution is 2.16. The number of carbonyl (C=O) groups is 2. The van der Waals surface area contributed by atoms with Crippen LogP contribution >= 0.6 is 0 Å². The first-order chi connectivity index (χ1) is 11.0. The van der Waals surface area contributed by atoms with E-state index < -0.39 is 11.8 Å². The second kappa shape index (κ2) is 7.09. The summed E-state index contributed by atoms with van der Waals surface area (Å²) < 4.78 is 0. The molecule has 0 saturated carbocycles. The zero-order valence-corrected chi connectivity index (χ0v) is 12.8. The molecule has 2 rings (SSSR count). The van der Waals surface area contributed by atoms with Gasteiger partial charge in [0.2, 0.25) is 0 Å². The Morgan fingerprint density at radius 2 is 1.57 bits per heavy atom. The molecule has 0 aliphatic heterocycles. The van der Waals surface area contributed by atoms with Crippen LogP contribution in [0.1, 0.15) is 5.56 Å². The van der Waals surface area contributed by atoms with Crippen molar-refractivity contribution in [2.45, 2.75) is 0 Å². The van der Waals surface area contributed by atoms with Crippen LogP contribution in [0.25, 0.3) is 0 Å². The van der Waals surface area contributed by atoms with Gasteiger partial charge < -0.3 is 15.5 Å². The molecule has 0 unspecified atom stereocenters. The summed E-state index contributed by atoms with van der Waals surface area (Å²) in [5.41, 5.74) is 2.10. The predicted molar refractivity (Wildman–Crippen MR) is 89.2 cm³/mol. The van der Waals surface area contributed by atoms with E-state index in [1.54, 1.807) is 36.4 Å². The number of hydrogen-bond donors (Lipinski definition) is 2. The molecular weight excluding hydrogens is 292 g/mol. The molecule has 0 heterocycles. The Bertz CT molecular complexity index is 761. The maximum atomic E-state index is 11.9. The number of carbonyl (C=O) groups excluding carboxylic acids is 2. The van der Waals surface area contributed by atoms with E-state index in [2.05, 4.69) is 10.6 Å². The summed E-state index contributed by atoms with van der Waals surface area (Å²) in [6, 6.07) is 15.5. The maximum Gasteiger partial charge on any atom is 0.314 e. The molecule has 0 aromatic heterocycles. The lowest BCUT2D eigenvalue weighted by molar-refractivity contribution is -0.133. The Kier molecular flexibility index (Phi) is 4.95. The van der Waals surface area contributed by atoms with Crippen LogP contribution in [-0.4, -0.2) is 25.9 Å². The lowest BCUT2D eigenvalue weighted by atomic mass is 10.2. The van der Waals surface area contributed by atoms with Crippen molar-refractivity contribution in [3.63, 3.8) is 0 Å². The number of nitrogens with one attached hydrogen (secondary N) is 2. The lowest BCUT2D eigenvalue weighted by Gasteiger charge is -2.13. The fraction of sp³-hybridized carbons (Fsp3) is 0.118. The molecule has 2 aromatic rings. The van der Waals surface area contributed by atoms with Gasteiger partial charge in [-0.1, -0.05) is 12.1 Å². The van der Waals surface area contributed by atoms with Crippen molar-refractivity contribution in [2.24, 2.45) is 0 Å². The topological polar surface area (TPSA) is 85.2 Å². The van der Waals surface area contributed by atoms with Crippen molar-refractivity contribution in [2.75, 3.05) is 29.6 Å². The first-order valence-electron chi connectivity index (χ1n) is 6.90. The van der Waals surface area contributed by atoms with E-state index in [9.17, 15) is 9.59 Å². The Hall–Kier alpha value is -3.33. The smallest absolute Gasteiger partial charge is 0.314 e. The van der Waals surface area contributed by atoms with Gasteiger partial charge in [0.15, 0.2) is 0 Å². The summed E-state index contributed by atoms with van der Waals surface area (Å²) >= 11 is 0. The zero-order valence-electron chi connectivity index (χ0n) is 12.8. The molecule has 0 fully saturated rings. The monoisotopic (exact) mass is 308 g/mol. The molecule has 0 aliphatic carbocycles. The Morgan fingerprint density at radius 3 is 2.17 bits per heavy atom. The third kappa shape index (κ3) is 4.08. The number of benzene rings is 2. The van der Waals surface area contributed by atoms with Crippen molar-refractivity contribution < 1.29 is 9.59 Å². The van der Waals surface area contributed by atoms with E-state index in [0.29, 0.717) is 16.9 Å². The normalized spacial score (nSPS) is 9.61. The van der Waals surface area contributed by atoms with Crippen LogP contribution < -0.4 is 15.5 Å². The third-order valence-electron chi connectivity index (χ3n) is 3.14. The van der Waals surface area contributed by atoms with Gasteiger partial charge in [-0.25, -0.2) is 0 Å². The highest BCUT2D eigenvalue weighted by Gasteiger charge is 2.15. The zero-order chi connectivity index (χ0) is 16.8. The third-order valence-corrected chi connectivity index (χ3v) is 3.14. The molecule has 0 radical (unpaired) electrons. The van der Waals surface area contributed by atoms with Gasteiger partial charge in [-0.05, 0) is 36.4 Å². The minimum atomic E-state index is -0.829. The second-order valence-electron chi connectivity index (χ2n) is 5.01. The molecule has 0 saturated heterocycles. The van der Waals surface area contributed by atoms with Gasteiger partial charge in [-0.15, -0.1) is 0 Å². The fourth-order valence-electron chi connectivity index (χ4n) is 1.90. The molecule has 6 heteroatoms. The van der Waals surface area contributed by atoms with Crippen molar-refractivity contribution in [1.82, 2.24) is 0 Å². The summed E-state index contributed by atoms with van der Waals surface area (Å²) in [6.07, 6.45) is 0. The second-order valence-corrected chi connectivity index (χ2v) is 5.01. The quantitative estimate of drug-likeness (QED) is 0.851. The minimum absolute atomic E-state index is 0.295. The lowest BCUT2D eigenvalue weighted by Crippen LogP contribution is -2.29. The molecular formula is C17H16N4O2. The Labute approximate surface area is 134 Å². The summed E-state index contributed by atoms with van der Waals surface area (Å²) in [5, 5.41) is 13.9. The van der Waals surface area contributed by atoms with Gasteiger partial charge >= 0.3 is 11.8 Å². The molecule has 2 amide bonds. The van der Waals surface area contributed by atoms with E-state index in [0.717, 1.165) is 5.69 Å². The molecule has 0 spiro atoms. The fourth-order valence-corrected chi connectivity index (χ4v) is 1.90. The van der Waals surface area contributed by atoms with Crippen molar-refractivity contribution in [1.29, 1.82) is 5.26 Å². The number of nitrogens with zero attached hydrogens (tertiary/aromatic N) is 2. The van der Waals surface area contributed by atoms with Gasteiger partial charge in [0.25, 0.3) is 0 Å². The van der Waals surface area contributed by atoms with E-state index in [4.69, 9.17) is 5.26 Å². The van der Waals surface area contributed by atoms with E-state index in [1.165, 1.54) is 0 Å². The summed E-state index contributed by atoms with van der Waals surface area (Å²) in [4.78, 5) is 25.8. The molecule has 6 nitrogen and oxygen atoms in total. The number of amides is 2. The number of hydrogen-bond acceptors (Lipinski definition) is 4. The molecule has 116 valence electrons. The molecule has 23 heavy (non-hydrogen) atoms. The number of anilines is 3. The number of nitriles is 1. The largest absolute Gasteiger partial charge is 0.378 e. The first-order valence-corrected chi connectivity index (χ1v) is 6.90. The predicted octanol–water partition coefficient (Wildman–Crippen LogP) is 2.20. The average molecular weight is 308 g/mol. The van der Waals surface area contributed by atoms with E-state index in [-0.39, 0.29) is 0 Å². The van der Waals surface area contributed by atoms with Gasteiger partial charge in [0.05, 0.1) is 11.3 Å². The van der Waals surface area contributed by atoms with Crippen LogP contribution in [0.3, 0.4) is 0 Å². The van der Waals surface area contributed by atoms with E-state index >= 15 is 0 Å². The molecule has 2 aromatic carbocycles. The molecule has 0 aliphatic rings. The van der Waals surface area contributed by atoms with Crippen LogP contribution in [0.5, 0.6) is 0 Å². The minimum Gasteiger partial charge on any atom is -0.378 e. The Morgan fingerprint density at radius 1 is 0.957 bits per heavy atom. The van der Waals surface area contributed by atoms with Crippen molar-refractivity contribution in [3.8, 4) is 6.07 Å². The number of para-hydroxylation sites is 1. The standard InChI is InChI=1S/C17H16N4O2/c1-21(2)14-9-7-13(8-10-14)19-16(22)17(23)20-15-6-4-3-5-12(15)11-18/h3-10H,1-2H3,(H,19,22)(H,20,23). The van der Waals surface area contributed by atoms with E-state index in [1.807, 2.05) is 37.2 Å². The summed E-state index contributed by atoms with van der Waals surface area (Å²) in [5.74, 6) is -1.63. The maximum absolute atomic E-state index is 11.9. The van der Waals surface area contributed by atoms with Crippen LogP contribution in [0, 0.1) is 11.3 Å². The van der Waals surface area contributed by atoms with Crippen molar-refractivity contribution in [3.05, 3.63) is 54.1 Å².